The highest BCUT2D eigenvalue weighted by Crippen LogP contribution is 2.46. The van der Waals surface area contributed by atoms with Crippen molar-refractivity contribution in [1.29, 1.82) is 0 Å². The number of hydrogen-bond donors (Lipinski definition) is 2. The first kappa shape index (κ1) is 27.7. The van der Waals surface area contributed by atoms with E-state index >= 15 is 0 Å². The standard InChI is InChI=1S/C21H17NO3.C18H12N2O/c1-2-25-21(23)18-12-13-7-3-5-9-15(13)19(18)17-11-14-8-4-6-10-16(14)20(17)22-24;21-18-13-9-10-5-1-2-6-11(10)15(13)17-16(20-18)12-7-3-4-8-14(12)19-17/h3-10H,2,11-12H2,1H3;1-8,19H,9H2,(H,20,21). The van der Waals surface area contributed by atoms with E-state index in [1.165, 1.54) is 11.1 Å². The number of carbonyl (C=O) groups excluding carboxylic acids is 1. The maximum absolute atomic E-state index is 12.5. The maximum atomic E-state index is 12.5. The van der Waals surface area contributed by atoms with E-state index in [0.29, 0.717) is 37.1 Å². The highest BCUT2D eigenvalue weighted by molar-refractivity contribution is 6.11. The van der Waals surface area contributed by atoms with E-state index in [4.69, 9.17) is 4.74 Å². The van der Waals surface area contributed by atoms with Gasteiger partial charge in [-0.2, -0.15) is 0 Å². The van der Waals surface area contributed by atoms with E-state index in [0.717, 1.165) is 66.5 Å². The number of nitroso groups, excluding NO2 is 1. The molecule has 4 aromatic carbocycles. The van der Waals surface area contributed by atoms with Gasteiger partial charge in [0.15, 0.2) is 0 Å². The number of fused-ring (bicyclic) bond motifs is 9. The summed E-state index contributed by atoms with van der Waals surface area (Å²) in [6, 6.07) is 32.0. The number of esters is 1. The van der Waals surface area contributed by atoms with Crippen molar-refractivity contribution in [1.82, 2.24) is 9.97 Å². The highest BCUT2D eigenvalue weighted by Gasteiger charge is 2.34. The molecule has 6 aromatic rings. The van der Waals surface area contributed by atoms with Crippen molar-refractivity contribution in [2.24, 2.45) is 5.18 Å². The number of ether oxygens (including phenoxy) is 1. The van der Waals surface area contributed by atoms with E-state index in [9.17, 15) is 14.5 Å². The van der Waals surface area contributed by atoms with Crippen molar-refractivity contribution in [3.8, 4) is 11.1 Å². The number of nitrogens with zero attached hydrogens (tertiary/aromatic N) is 1. The van der Waals surface area contributed by atoms with Gasteiger partial charge in [-0.3, -0.25) is 4.79 Å². The molecule has 3 aliphatic carbocycles. The van der Waals surface area contributed by atoms with E-state index in [1.807, 2.05) is 84.9 Å². The van der Waals surface area contributed by atoms with E-state index < -0.39 is 0 Å². The summed E-state index contributed by atoms with van der Waals surface area (Å²) in [6.45, 7) is 2.12. The van der Waals surface area contributed by atoms with E-state index in [1.54, 1.807) is 6.92 Å². The molecule has 0 bridgehead atoms. The Labute approximate surface area is 264 Å². The molecule has 0 radical (unpaired) electrons. The van der Waals surface area contributed by atoms with Crippen LogP contribution in [0.1, 0.15) is 40.3 Å². The Bertz CT molecular complexity index is 2370. The first-order valence-corrected chi connectivity index (χ1v) is 15.4. The van der Waals surface area contributed by atoms with Crippen LogP contribution >= 0.6 is 0 Å². The number of benzene rings is 4. The molecule has 46 heavy (non-hydrogen) atoms. The predicted molar refractivity (Wildman–Crippen MR) is 181 cm³/mol. The van der Waals surface area contributed by atoms with Gasteiger partial charge in [0, 0.05) is 52.4 Å². The van der Waals surface area contributed by atoms with Crippen LogP contribution in [0.15, 0.2) is 118 Å². The average molecular weight is 604 g/mol. The molecule has 3 aliphatic rings. The molecule has 0 aliphatic heterocycles. The summed E-state index contributed by atoms with van der Waals surface area (Å²) in [4.78, 5) is 43.1. The van der Waals surface area contributed by atoms with Crippen LogP contribution in [0.4, 0.5) is 0 Å². The summed E-state index contributed by atoms with van der Waals surface area (Å²) in [5.74, 6) is -0.317. The monoisotopic (exact) mass is 603 g/mol. The van der Waals surface area contributed by atoms with Gasteiger partial charge >= 0.3 is 5.97 Å². The Hall–Kier alpha value is -5.82. The quantitative estimate of drug-likeness (QED) is 0.158. The zero-order chi connectivity index (χ0) is 31.4. The number of H-pyrrole nitrogens is 2. The largest absolute Gasteiger partial charge is 0.463 e. The summed E-state index contributed by atoms with van der Waals surface area (Å²) in [7, 11) is 0. The molecule has 0 amide bonds. The second kappa shape index (κ2) is 11.0. The first-order chi connectivity index (χ1) is 22.6. The number of rotatable bonds is 4. The van der Waals surface area contributed by atoms with Crippen molar-refractivity contribution in [2.75, 3.05) is 6.61 Å². The number of hydrogen-bond acceptors (Lipinski definition) is 5. The third-order valence-electron chi connectivity index (χ3n) is 9.22. The van der Waals surface area contributed by atoms with Crippen molar-refractivity contribution < 1.29 is 9.53 Å². The minimum atomic E-state index is -0.317. The van der Waals surface area contributed by atoms with Crippen LogP contribution in [0, 0.1) is 4.91 Å². The first-order valence-electron chi connectivity index (χ1n) is 15.4. The maximum Gasteiger partial charge on any atom is 0.334 e. The Balaban J connectivity index is 0.000000137. The van der Waals surface area contributed by atoms with Gasteiger partial charge in [-0.1, -0.05) is 91.0 Å². The minimum Gasteiger partial charge on any atom is -0.463 e. The number of allylic oxidation sites excluding steroid dienone is 2. The third-order valence-corrected chi connectivity index (χ3v) is 9.22. The molecule has 7 heteroatoms. The molecule has 9 rings (SSSR count). The molecule has 0 saturated heterocycles. The number of para-hydroxylation sites is 1. The summed E-state index contributed by atoms with van der Waals surface area (Å²) in [5, 5.41) is 4.38. The van der Waals surface area contributed by atoms with Crippen molar-refractivity contribution in [2.45, 2.75) is 26.2 Å². The Morgan fingerprint density at radius 2 is 1.37 bits per heavy atom. The highest BCUT2D eigenvalue weighted by atomic mass is 16.5. The van der Waals surface area contributed by atoms with Crippen LogP contribution in [0.25, 0.3) is 44.3 Å². The molecule has 2 heterocycles. The summed E-state index contributed by atoms with van der Waals surface area (Å²) >= 11 is 0. The second-order valence-corrected chi connectivity index (χ2v) is 11.7. The molecule has 0 atom stereocenters. The van der Waals surface area contributed by atoms with E-state index in [-0.39, 0.29) is 11.5 Å². The summed E-state index contributed by atoms with van der Waals surface area (Å²) in [6.07, 6.45) is 1.84. The van der Waals surface area contributed by atoms with Crippen molar-refractivity contribution >= 4 is 39.2 Å². The second-order valence-electron chi connectivity index (χ2n) is 11.7. The number of aromatic nitrogens is 2. The molecule has 2 N–H and O–H groups in total. The zero-order valence-electron chi connectivity index (χ0n) is 25.1. The fraction of sp³-hybridized carbons (Fsp3) is 0.128. The lowest BCUT2D eigenvalue weighted by Crippen LogP contribution is -2.11. The Morgan fingerprint density at radius 3 is 2.11 bits per heavy atom. The normalized spacial score (nSPS) is 14.1. The molecule has 7 nitrogen and oxygen atoms in total. The molecule has 0 unspecified atom stereocenters. The topological polar surface area (TPSA) is 104 Å². The fourth-order valence-corrected chi connectivity index (χ4v) is 7.24. The molecular weight excluding hydrogens is 574 g/mol. The zero-order valence-corrected chi connectivity index (χ0v) is 25.1. The Kier molecular flexibility index (Phi) is 6.60. The fourth-order valence-electron chi connectivity index (χ4n) is 7.24. The lowest BCUT2D eigenvalue weighted by Gasteiger charge is -2.10. The van der Waals surface area contributed by atoms with Gasteiger partial charge in [0.05, 0.1) is 17.6 Å². The number of nitrogens with one attached hydrogen (secondary N) is 2. The third kappa shape index (κ3) is 4.27. The van der Waals surface area contributed by atoms with Crippen LogP contribution < -0.4 is 5.56 Å². The number of pyridine rings is 1. The van der Waals surface area contributed by atoms with Gasteiger partial charge < -0.3 is 14.7 Å². The SMILES string of the molecule is CCOC(=O)C1=C(C2=C(N=O)c3ccccc3C2)c2ccccc2C1.O=c1[nH]c2c([nH]c3ccccc32)c2c1Cc1ccccc1-2. The van der Waals surface area contributed by atoms with Crippen LogP contribution in [0.3, 0.4) is 0 Å². The van der Waals surface area contributed by atoms with Gasteiger partial charge in [0.1, 0.15) is 5.70 Å². The van der Waals surface area contributed by atoms with Crippen molar-refractivity contribution in [3.05, 3.63) is 157 Å². The molecule has 224 valence electrons. The molecule has 0 fully saturated rings. The number of aromatic amines is 2. The molecule has 0 spiro atoms. The van der Waals surface area contributed by atoms with Crippen LogP contribution in [0.5, 0.6) is 0 Å². The minimum absolute atomic E-state index is 0.0263. The van der Waals surface area contributed by atoms with Gasteiger partial charge in [-0.25, -0.2) is 4.79 Å². The van der Waals surface area contributed by atoms with Gasteiger partial charge in [-0.15, -0.1) is 4.91 Å². The average Bonchev–Trinajstić information content (AvgIpc) is 3.85. The predicted octanol–water partition coefficient (Wildman–Crippen LogP) is 7.87. The molecule has 0 saturated carbocycles. The van der Waals surface area contributed by atoms with Crippen LogP contribution in [-0.2, 0) is 28.8 Å². The molecular formula is C39H29N3O4. The van der Waals surface area contributed by atoms with Gasteiger partial charge in [0.25, 0.3) is 5.56 Å². The van der Waals surface area contributed by atoms with Gasteiger partial charge in [-0.05, 0) is 57.1 Å². The molecule has 2 aromatic heterocycles. The smallest absolute Gasteiger partial charge is 0.334 e. The lowest BCUT2D eigenvalue weighted by molar-refractivity contribution is -0.138. The number of carbonyl (C=O) groups is 1. The van der Waals surface area contributed by atoms with Gasteiger partial charge in [0.2, 0.25) is 0 Å². The van der Waals surface area contributed by atoms with Crippen LogP contribution in [0.2, 0.25) is 0 Å². The lowest BCUT2D eigenvalue weighted by atomic mass is 9.95. The Morgan fingerprint density at radius 1 is 0.739 bits per heavy atom. The summed E-state index contributed by atoms with van der Waals surface area (Å²) < 4.78 is 5.26. The summed E-state index contributed by atoms with van der Waals surface area (Å²) in [5.41, 5.74) is 14.1. The van der Waals surface area contributed by atoms with E-state index in [2.05, 4.69) is 27.3 Å². The van der Waals surface area contributed by atoms with Crippen LogP contribution in [-0.4, -0.2) is 22.5 Å². The van der Waals surface area contributed by atoms with Crippen molar-refractivity contribution in [3.63, 3.8) is 0 Å².